The number of nitrogens with one attached hydrogen (secondary N) is 1. The number of hydrogen-bond donors (Lipinski definition) is 1. The maximum absolute atomic E-state index is 6.12. The molecule has 0 saturated carbocycles. The standard InChI is InChI=1S/C13H18BrClN2/c1-9(2)16-10-6-7-17(8-10)12-5-3-4-11(15)13(12)14/h3-5,9-10,16H,6-8H2,1-2H3. The molecule has 1 N–H and O–H groups in total. The smallest absolute Gasteiger partial charge is 0.0595 e. The van der Waals surface area contributed by atoms with Crippen LogP contribution in [0, 0.1) is 0 Å². The highest BCUT2D eigenvalue weighted by Gasteiger charge is 2.24. The maximum Gasteiger partial charge on any atom is 0.0595 e. The van der Waals surface area contributed by atoms with Gasteiger partial charge in [0.15, 0.2) is 0 Å². The highest BCUT2D eigenvalue weighted by Crippen LogP contribution is 2.34. The van der Waals surface area contributed by atoms with Crippen molar-refractivity contribution in [2.75, 3.05) is 18.0 Å². The van der Waals surface area contributed by atoms with Crippen LogP contribution in [0.4, 0.5) is 5.69 Å². The average Bonchev–Trinajstić information content (AvgIpc) is 2.69. The summed E-state index contributed by atoms with van der Waals surface area (Å²) in [4.78, 5) is 2.38. The lowest BCUT2D eigenvalue weighted by molar-refractivity contribution is 0.492. The van der Waals surface area contributed by atoms with E-state index in [-0.39, 0.29) is 0 Å². The Bertz CT molecular complexity index is 395. The van der Waals surface area contributed by atoms with Gasteiger partial charge < -0.3 is 10.2 Å². The number of halogens is 2. The van der Waals surface area contributed by atoms with Gasteiger partial charge in [0.05, 0.1) is 15.2 Å². The molecule has 17 heavy (non-hydrogen) atoms. The first-order valence-corrected chi connectivity index (χ1v) is 7.20. The first-order chi connectivity index (χ1) is 8.08. The average molecular weight is 318 g/mol. The zero-order valence-corrected chi connectivity index (χ0v) is 12.6. The van der Waals surface area contributed by atoms with Crippen molar-refractivity contribution in [3.05, 3.63) is 27.7 Å². The minimum absolute atomic E-state index is 0.544. The third kappa shape index (κ3) is 3.15. The minimum atomic E-state index is 0.544. The Hall–Kier alpha value is -0.250. The number of nitrogens with zero attached hydrogens (tertiary/aromatic N) is 1. The van der Waals surface area contributed by atoms with E-state index in [9.17, 15) is 0 Å². The van der Waals surface area contributed by atoms with Crippen molar-refractivity contribution >= 4 is 33.2 Å². The summed E-state index contributed by atoms with van der Waals surface area (Å²) in [6, 6.07) is 7.16. The quantitative estimate of drug-likeness (QED) is 0.915. The summed E-state index contributed by atoms with van der Waals surface area (Å²) >= 11 is 9.69. The zero-order valence-electron chi connectivity index (χ0n) is 10.2. The topological polar surface area (TPSA) is 15.3 Å². The summed E-state index contributed by atoms with van der Waals surface area (Å²) in [6.07, 6.45) is 1.19. The van der Waals surface area contributed by atoms with Crippen molar-refractivity contribution < 1.29 is 0 Å². The fourth-order valence-corrected chi connectivity index (χ4v) is 3.01. The molecule has 1 unspecified atom stereocenters. The molecule has 0 aliphatic carbocycles. The lowest BCUT2D eigenvalue weighted by Gasteiger charge is -2.21. The van der Waals surface area contributed by atoms with E-state index < -0.39 is 0 Å². The minimum Gasteiger partial charge on any atom is -0.369 e. The molecule has 0 bridgehead atoms. The Kier molecular flexibility index (Phi) is 4.34. The van der Waals surface area contributed by atoms with Crippen LogP contribution < -0.4 is 10.2 Å². The summed E-state index contributed by atoms with van der Waals surface area (Å²) < 4.78 is 1.01. The summed E-state index contributed by atoms with van der Waals surface area (Å²) in [7, 11) is 0. The van der Waals surface area contributed by atoms with E-state index >= 15 is 0 Å². The first kappa shape index (κ1) is 13.2. The van der Waals surface area contributed by atoms with E-state index in [2.05, 4.69) is 46.1 Å². The van der Waals surface area contributed by atoms with Crippen molar-refractivity contribution in [1.82, 2.24) is 5.32 Å². The molecule has 1 saturated heterocycles. The van der Waals surface area contributed by atoms with E-state index in [0.717, 1.165) is 22.6 Å². The Morgan fingerprint density at radius 1 is 1.47 bits per heavy atom. The summed E-state index contributed by atoms with van der Waals surface area (Å²) in [5.41, 5.74) is 1.20. The van der Waals surface area contributed by atoms with Crippen LogP contribution in [-0.2, 0) is 0 Å². The summed E-state index contributed by atoms with van der Waals surface area (Å²) in [6.45, 7) is 6.52. The lowest BCUT2D eigenvalue weighted by atomic mass is 10.2. The fourth-order valence-electron chi connectivity index (χ4n) is 2.32. The molecule has 0 aromatic heterocycles. The Balaban J connectivity index is 2.07. The highest BCUT2D eigenvalue weighted by molar-refractivity contribution is 9.10. The van der Waals surface area contributed by atoms with Crippen LogP contribution in [0.1, 0.15) is 20.3 Å². The van der Waals surface area contributed by atoms with Gasteiger partial charge in [-0.25, -0.2) is 0 Å². The molecule has 1 aliphatic rings. The van der Waals surface area contributed by atoms with Crippen LogP contribution >= 0.6 is 27.5 Å². The Morgan fingerprint density at radius 2 is 2.24 bits per heavy atom. The van der Waals surface area contributed by atoms with Crippen LogP contribution in [0.5, 0.6) is 0 Å². The van der Waals surface area contributed by atoms with Crippen molar-refractivity contribution in [1.29, 1.82) is 0 Å². The number of hydrogen-bond acceptors (Lipinski definition) is 2. The van der Waals surface area contributed by atoms with Gasteiger partial charge in [0, 0.05) is 25.2 Å². The highest BCUT2D eigenvalue weighted by atomic mass is 79.9. The molecule has 2 nitrogen and oxygen atoms in total. The van der Waals surface area contributed by atoms with Crippen molar-refractivity contribution in [2.45, 2.75) is 32.4 Å². The molecule has 1 atom stereocenters. The molecular weight excluding hydrogens is 300 g/mol. The fraction of sp³-hybridized carbons (Fsp3) is 0.538. The van der Waals surface area contributed by atoms with Gasteiger partial charge in [0.1, 0.15) is 0 Å². The summed E-state index contributed by atoms with van der Waals surface area (Å²) in [5, 5.41) is 4.37. The predicted molar refractivity (Wildman–Crippen MR) is 78.0 cm³/mol. The van der Waals surface area contributed by atoms with E-state index in [1.165, 1.54) is 12.1 Å². The third-order valence-electron chi connectivity index (χ3n) is 3.03. The van der Waals surface area contributed by atoms with Gasteiger partial charge >= 0.3 is 0 Å². The van der Waals surface area contributed by atoms with Crippen molar-refractivity contribution in [3.63, 3.8) is 0 Å². The van der Waals surface area contributed by atoms with E-state index in [0.29, 0.717) is 12.1 Å². The van der Waals surface area contributed by atoms with Crippen molar-refractivity contribution in [3.8, 4) is 0 Å². The van der Waals surface area contributed by atoms with Crippen LogP contribution in [0.2, 0.25) is 5.02 Å². The molecule has 94 valence electrons. The SMILES string of the molecule is CC(C)NC1CCN(c2cccc(Cl)c2Br)C1. The number of anilines is 1. The Morgan fingerprint density at radius 3 is 2.94 bits per heavy atom. The molecule has 1 aliphatic heterocycles. The van der Waals surface area contributed by atoms with Gasteiger partial charge in [0.2, 0.25) is 0 Å². The van der Waals surface area contributed by atoms with Gasteiger partial charge in [-0.1, -0.05) is 31.5 Å². The molecule has 2 rings (SSSR count). The van der Waals surface area contributed by atoms with Gasteiger partial charge in [-0.2, -0.15) is 0 Å². The predicted octanol–water partition coefficient (Wildman–Crippen LogP) is 3.68. The molecular formula is C13H18BrClN2. The van der Waals surface area contributed by atoms with Gasteiger partial charge in [-0.05, 0) is 34.5 Å². The second kappa shape index (κ2) is 5.59. The molecule has 4 heteroatoms. The summed E-state index contributed by atoms with van der Waals surface area (Å²) in [5.74, 6) is 0. The maximum atomic E-state index is 6.12. The van der Waals surface area contributed by atoms with Gasteiger partial charge in [-0.15, -0.1) is 0 Å². The molecule has 0 spiro atoms. The second-order valence-electron chi connectivity index (χ2n) is 4.83. The van der Waals surface area contributed by atoms with E-state index in [4.69, 9.17) is 11.6 Å². The van der Waals surface area contributed by atoms with Crippen LogP contribution in [0.15, 0.2) is 22.7 Å². The van der Waals surface area contributed by atoms with Crippen LogP contribution in [0.25, 0.3) is 0 Å². The zero-order chi connectivity index (χ0) is 12.4. The molecule has 1 heterocycles. The largest absolute Gasteiger partial charge is 0.369 e. The molecule has 1 aromatic carbocycles. The van der Waals surface area contributed by atoms with E-state index in [1.807, 2.05) is 12.1 Å². The van der Waals surface area contributed by atoms with Gasteiger partial charge in [-0.3, -0.25) is 0 Å². The monoisotopic (exact) mass is 316 g/mol. The molecule has 0 amide bonds. The second-order valence-corrected chi connectivity index (χ2v) is 6.03. The van der Waals surface area contributed by atoms with Gasteiger partial charge in [0.25, 0.3) is 0 Å². The Labute approximate surface area is 116 Å². The van der Waals surface area contributed by atoms with Crippen LogP contribution in [-0.4, -0.2) is 25.2 Å². The molecule has 1 fully saturated rings. The third-order valence-corrected chi connectivity index (χ3v) is 4.41. The van der Waals surface area contributed by atoms with Crippen molar-refractivity contribution in [2.24, 2.45) is 0 Å². The lowest BCUT2D eigenvalue weighted by Crippen LogP contribution is -2.37. The molecule has 1 aromatic rings. The van der Waals surface area contributed by atoms with E-state index in [1.54, 1.807) is 0 Å². The van der Waals surface area contributed by atoms with Crippen LogP contribution in [0.3, 0.4) is 0 Å². The normalized spacial score (nSPS) is 20.3. The number of benzene rings is 1. The first-order valence-electron chi connectivity index (χ1n) is 6.03. The molecule has 0 radical (unpaired) electrons. The number of rotatable bonds is 3.